The highest BCUT2D eigenvalue weighted by Crippen LogP contribution is 2.37. The number of aromatic nitrogens is 2. The first-order valence-corrected chi connectivity index (χ1v) is 9.64. The molecule has 4 rings (SSSR count). The molecule has 1 aliphatic rings. The summed E-state index contributed by atoms with van der Waals surface area (Å²) in [7, 11) is 0. The van der Waals surface area contributed by atoms with Crippen molar-refractivity contribution in [2.45, 2.75) is 40.2 Å². The van der Waals surface area contributed by atoms with Crippen LogP contribution in [0.25, 0.3) is 0 Å². The molecule has 0 saturated heterocycles. The van der Waals surface area contributed by atoms with Gasteiger partial charge in [-0.25, -0.2) is 4.98 Å². The van der Waals surface area contributed by atoms with Gasteiger partial charge in [0.25, 0.3) is 0 Å². The standard InChI is InChI=1S/C23H26N4/c1-5-26(20-11-8-9-16(2)13-20)22-14-17(3)24-23(25-22)27-18(4)15-19-10-6-7-12-21(19)27/h6-14,18H,5,15H2,1-4H3. The normalized spacial score (nSPS) is 15.7. The Morgan fingerprint density at radius 2 is 1.85 bits per heavy atom. The van der Waals surface area contributed by atoms with E-state index in [9.17, 15) is 0 Å². The van der Waals surface area contributed by atoms with Crippen LogP contribution in [0.3, 0.4) is 0 Å². The smallest absolute Gasteiger partial charge is 0.232 e. The Hall–Kier alpha value is -2.88. The molecule has 0 radical (unpaired) electrons. The van der Waals surface area contributed by atoms with Crippen LogP contribution in [0.15, 0.2) is 54.6 Å². The molecule has 27 heavy (non-hydrogen) atoms. The molecule has 1 aromatic heterocycles. The van der Waals surface area contributed by atoms with E-state index in [-0.39, 0.29) is 0 Å². The van der Waals surface area contributed by atoms with Gasteiger partial charge in [0.1, 0.15) is 5.82 Å². The second-order valence-corrected chi connectivity index (χ2v) is 7.30. The van der Waals surface area contributed by atoms with E-state index in [0.717, 1.165) is 36.1 Å². The lowest BCUT2D eigenvalue weighted by atomic mass is 10.1. The first-order valence-electron chi connectivity index (χ1n) is 9.64. The summed E-state index contributed by atoms with van der Waals surface area (Å²) in [6, 6.07) is 19.6. The van der Waals surface area contributed by atoms with Crippen molar-refractivity contribution in [3.63, 3.8) is 0 Å². The predicted molar refractivity (Wildman–Crippen MR) is 112 cm³/mol. The molecule has 0 fully saturated rings. The minimum atomic E-state index is 0.353. The first-order chi connectivity index (χ1) is 13.1. The van der Waals surface area contributed by atoms with Gasteiger partial charge < -0.3 is 9.80 Å². The van der Waals surface area contributed by atoms with Crippen LogP contribution in [-0.4, -0.2) is 22.6 Å². The van der Waals surface area contributed by atoms with Gasteiger partial charge in [-0.2, -0.15) is 4.98 Å². The van der Waals surface area contributed by atoms with Crippen LogP contribution in [0.4, 0.5) is 23.1 Å². The molecule has 0 bridgehead atoms. The number of fused-ring (bicyclic) bond motifs is 1. The zero-order chi connectivity index (χ0) is 19.0. The van der Waals surface area contributed by atoms with E-state index in [0.29, 0.717) is 6.04 Å². The summed E-state index contributed by atoms with van der Waals surface area (Å²) >= 11 is 0. The third-order valence-electron chi connectivity index (χ3n) is 5.16. The summed E-state index contributed by atoms with van der Waals surface area (Å²) in [5.41, 5.74) is 5.98. The van der Waals surface area contributed by atoms with Crippen molar-refractivity contribution in [2.24, 2.45) is 0 Å². The van der Waals surface area contributed by atoms with Crippen LogP contribution in [0.2, 0.25) is 0 Å². The van der Waals surface area contributed by atoms with Gasteiger partial charge in [0.05, 0.1) is 0 Å². The van der Waals surface area contributed by atoms with Gasteiger partial charge >= 0.3 is 0 Å². The zero-order valence-electron chi connectivity index (χ0n) is 16.5. The Morgan fingerprint density at radius 1 is 1.04 bits per heavy atom. The van der Waals surface area contributed by atoms with E-state index in [1.807, 2.05) is 6.92 Å². The summed E-state index contributed by atoms with van der Waals surface area (Å²) in [4.78, 5) is 14.3. The summed E-state index contributed by atoms with van der Waals surface area (Å²) in [6.45, 7) is 9.42. The summed E-state index contributed by atoms with van der Waals surface area (Å²) < 4.78 is 0. The monoisotopic (exact) mass is 358 g/mol. The van der Waals surface area contributed by atoms with Gasteiger partial charge in [-0.05, 0) is 63.4 Å². The summed E-state index contributed by atoms with van der Waals surface area (Å²) in [5, 5.41) is 0. The maximum absolute atomic E-state index is 4.98. The molecule has 0 amide bonds. The Balaban J connectivity index is 1.78. The second-order valence-electron chi connectivity index (χ2n) is 7.30. The number of benzene rings is 2. The quantitative estimate of drug-likeness (QED) is 0.630. The Morgan fingerprint density at radius 3 is 2.63 bits per heavy atom. The van der Waals surface area contributed by atoms with Crippen molar-refractivity contribution in [1.82, 2.24) is 9.97 Å². The van der Waals surface area contributed by atoms with E-state index in [1.165, 1.54) is 16.8 Å². The van der Waals surface area contributed by atoms with Gasteiger partial charge in [-0.15, -0.1) is 0 Å². The van der Waals surface area contributed by atoms with Gasteiger partial charge in [0.2, 0.25) is 5.95 Å². The van der Waals surface area contributed by atoms with Crippen LogP contribution in [-0.2, 0) is 6.42 Å². The molecule has 0 spiro atoms. The van der Waals surface area contributed by atoms with Crippen LogP contribution >= 0.6 is 0 Å². The Kier molecular flexibility index (Phi) is 4.56. The average molecular weight is 358 g/mol. The highest BCUT2D eigenvalue weighted by atomic mass is 15.3. The molecule has 138 valence electrons. The number of rotatable bonds is 4. The molecule has 1 unspecified atom stereocenters. The van der Waals surface area contributed by atoms with E-state index in [2.05, 4.69) is 85.2 Å². The second kappa shape index (κ2) is 7.03. The van der Waals surface area contributed by atoms with Gasteiger partial charge in [0.15, 0.2) is 0 Å². The van der Waals surface area contributed by atoms with Crippen LogP contribution in [0.5, 0.6) is 0 Å². The molecule has 4 nitrogen and oxygen atoms in total. The predicted octanol–water partition coefficient (Wildman–Crippen LogP) is 5.33. The fourth-order valence-corrected chi connectivity index (χ4v) is 3.93. The molecule has 2 heterocycles. The lowest BCUT2D eigenvalue weighted by Gasteiger charge is -2.27. The third kappa shape index (κ3) is 3.27. The lowest BCUT2D eigenvalue weighted by Crippen LogP contribution is -2.27. The molecule has 3 aromatic rings. The largest absolute Gasteiger partial charge is 0.326 e. The van der Waals surface area contributed by atoms with E-state index < -0.39 is 0 Å². The molecule has 2 aromatic carbocycles. The number of para-hydroxylation sites is 1. The van der Waals surface area contributed by atoms with E-state index in [1.54, 1.807) is 0 Å². The summed E-state index contributed by atoms with van der Waals surface area (Å²) in [5.74, 6) is 1.73. The van der Waals surface area contributed by atoms with Crippen molar-refractivity contribution in [3.8, 4) is 0 Å². The number of aryl methyl sites for hydroxylation is 2. The molecular weight excluding hydrogens is 332 g/mol. The fourth-order valence-electron chi connectivity index (χ4n) is 3.93. The van der Waals surface area contributed by atoms with Crippen molar-refractivity contribution in [2.75, 3.05) is 16.3 Å². The maximum atomic E-state index is 4.98. The molecule has 0 aliphatic carbocycles. The fraction of sp³-hybridized carbons (Fsp3) is 0.304. The van der Waals surface area contributed by atoms with Gasteiger partial charge in [-0.1, -0.05) is 30.3 Å². The molecule has 1 atom stereocenters. The number of anilines is 4. The van der Waals surface area contributed by atoms with E-state index >= 15 is 0 Å². The Bertz CT molecular complexity index is 966. The summed E-state index contributed by atoms with van der Waals surface area (Å²) in [6.07, 6.45) is 1.03. The third-order valence-corrected chi connectivity index (χ3v) is 5.16. The lowest BCUT2D eigenvalue weighted by molar-refractivity contribution is 0.737. The minimum Gasteiger partial charge on any atom is -0.326 e. The molecule has 0 N–H and O–H groups in total. The molecule has 1 aliphatic heterocycles. The topological polar surface area (TPSA) is 32.3 Å². The van der Waals surface area contributed by atoms with Gasteiger partial charge in [0, 0.05) is 35.7 Å². The maximum Gasteiger partial charge on any atom is 0.232 e. The zero-order valence-corrected chi connectivity index (χ0v) is 16.5. The number of nitrogens with zero attached hydrogens (tertiary/aromatic N) is 4. The van der Waals surface area contributed by atoms with Crippen LogP contribution < -0.4 is 9.80 Å². The van der Waals surface area contributed by atoms with Crippen molar-refractivity contribution in [1.29, 1.82) is 0 Å². The number of hydrogen-bond acceptors (Lipinski definition) is 4. The van der Waals surface area contributed by atoms with Crippen LogP contribution in [0.1, 0.15) is 30.7 Å². The Labute approximate surface area is 161 Å². The highest BCUT2D eigenvalue weighted by Gasteiger charge is 2.29. The SMILES string of the molecule is CCN(c1cccc(C)c1)c1cc(C)nc(N2c3ccccc3CC2C)n1. The van der Waals surface area contributed by atoms with Gasteiger partial charge in [-0.3, -0.25) is 0 Å². The average Bonchev–Trinajstić information content (AvgIpc) is 2.97. The minimum absolute atomic E-state index is 0.353. The first kappa shape index (κ1) is 17.5. The number of hydrogen-bond donors (Lipinski definition) is 0. The van der Waals surface area contributed by atoms with Crippen LogP contribution in [0, 0.1) is 13.8 Å². The van der Waals surface area contributed by atoms with E-state index in [4.69, 9.17) is 9.97 Å². The van der Waals surface area contributed by atoms with Crippen molar-refractivity contribution in [3.05, 3.63) is 71.4 Å². The highest BCUT2D eigenvalue weighted by molar-refractivity contribution is 5.69. The molecule has 4 heteroatoms. The van der Waals surface area contributed by atoms with Crippen molar-refractivity contribution < 1.29 is 0 Å². The van der Waals surface area contributed by atoms with Crippen molar-refractivity contribution >= 4 is 23.1 Å². The molecular formula is C23H26N4. The molecule has 0 saturated carbocycles.